The van der Waals surface area contributed by atoms with Gasteiger partial charge in [-0.3, -0.25) is 0 Å². The number of anilines is 1. The number of hydrogen-bond donors (Lipinski definition) is 1. The van der Waals surface area contributed by atoms with Crippen LogP contribution in [-0.4, -0.2) is 15.3 Å². The molecule has 0 saturated heterocycles. The van der Waals surface area contributed by atoms with Crippen molar-refractivity contribution in [2.75, 3.05) is 11.9 Å². The number of halogens is 1. The Kier molecular flexibility index (Phi) is 4.18. The Balaban J connectivity index is 1.64. The van der Waals surface area contributed by atoms with E-state index in [1.54, 1.807) is 0 Å². The summed E-state index contributed by atoms with van der Waals surface area (Å²) in [4.78, 5) is 0. The van der Waals surface area contributed by atoms with E-state index in [-0.39, 0.29) is 0 Å². The van der Waals surface area contributed by atoms with E-state index in [4.69, 9.17) is 11.6 Å². The van der Waals surface area contributed by atoms with Gasteiger partial charge in [0.15, 0.2) is 0 Å². The molecule has 1 aromatic heterocycles. The van der Waals surface area contributed by atoms with Crippen molar-refractivity contribution in [3.63, 3.8) is 0 Å². The van der Waals surface area contributed by atoms with Gasteiger partial charge in [0.2, 0.25) is 0 Å². The molecular formula is C14H18ClN3S. The van der Waals surface area contributed by atoms with Crippen molar-refractivity contribution in [2.24, 2.45) is 5.92 Å². The van der Waals surface area contributed by atoms with Crippen LogP contribution in [0, 0.1) is 5.92 Å². The predicted molar refractivity (Wildman–Crippen MR) is 82.1 cm³/mol. The highest BCUT2D eigenvalue weighted by Gasteiger charge is 2.14. The molecule has 1 heterocycles. The Morgan fingerprint density at radius 1 is 1.21 bits per heavy atom. The van der Waals surface area contributed by atoms with Gasteiger partial charge in [-0.25, -0.2) is 0 Å². The number of rotatable bonds is 4. The zero-order valence-electron chi connectivity index (χ0n) is 10.9. The molecule has 3 rings (SSSR count). The summed E-state index contributed by atoms with van der Waals surface area (Å²) in [6.45, 7) is 0.973. The summed E-state index contributed by atoms with van der Waals surface area (Å²) in [6, 6.07) is 3.82. The molecule has 102 valence electrons. The summed E-state index contributed by atoms with van der Waals surface area (Å²) in [5.74, 6) is 0.882. The molecule has 1 saturated carbocycles. The molecule has 5 heteroatoms. The molecule has 0 aliphatic heterocycles. The van der Waals surface area contributed by atoms with Crippen LogP contribution in [0.25, 0.3) is 11.0 Å². The van der Waals surface area contributed by atoms with Crippen molar-refractivity contribution in [1.82, 2.24) is 8.75 Å². The van der Waals surface area contributed by atoms with Gasteiger partial charge in [0.25, 0.3) is 0 Å². The highest BCUT2D eigenvalue weighted by atomic mass is 35.5. The average molecular weight is 296 g/mol. The van der Waals surface area contributed by atoms with Crippen molar-refractivity contribution in [2.45, 2.75) is 38.5 Å². The van der Waals surface area contributed by atoms with Crippen LogP contribution < -0.4 is 5.32 Å². The molecule has 1 aromatic carbocycles. The number of nitrogens with one attached hydrogen (secondary N) is 1. The maximum Gasteiger partial charge on any atom is 0.129 e. The van der Waals surface area contributed by atoms with Gasteiger partial charge >= 0.3 is 0 Å². The molecule has 0 atom stereocenters. The smallest absolute Gasteiger partial charge is 0.129 e. The Hall–Kier alpha value is -0.870. The van der Waals surface area contributed by atoms with Crippen molar-refractivity contribution in [1.29, 1.82) is 0 Å². The van der Waals surface area contributed by atoms with Crippen LogP contribution in [0.4, 0.5) is 5.69 Å². The van der Waals surface area contributed by atoms with Gasteiger partial charge in [0.05, 0.1) is 22.4 Å². The minimum atomic E-state index is 0.740. The molecule has 1 aliphatic carbocycles. The van der Waals surface area contributed by atoms with Gasteiger partial charge in [-0.1, -0.05) is 43.7 Å². The normalized spacial score (nSPS) is 16.9. The first-order chi connectivity index (χ1) is 9.34. The molecular weight excluding hydrogens is 278 g/mol. The second-order valence-electron chi connectivity index (χ2n) is 5.27. The lowest BCUT2D eigenvalue weighted by atomic mass is 9.87. The van der Waals surface area contributed by atoms with Crippen LogP contribution in [0.5, 0.6) is 0 Å². The fourth-order valence-corrected chi connectivity index (χ4v) is 3.63. The third-order valence-corrected chi connectivity index (χ3v) is 4.81. The maximum absolute atomic E-state index is 6.26. The first-order valence-electron chi connectivity index (χ1n) is 6.99. The van der Waals surface area contributed by atoms with Crippen LogP contribution in [0.1, 0.15) is 38.5 Å². The fraction of sp³-hybridized carbons (Fsp3) is 0.571. The Morgan fingerprint density at radius 2 is 2.05 bits per heavy atom. The third kappa shape index (κ3) is 3.00. The quantitative estimate of drug-likeness (QED) is 0.886. The van der Waals surface area contributed by atoms with Gasteiger partial charge in [0.1, 0.15) is 11.0 Å². The van der Waals surface area contributed by atoms with Gasteiger partial charge in [-0.05, 0) is 24.5 Å². The van der Waals surface area contributed by atoms with Crippen molar-refractivity contribution >= 4 is 40.0 Å². The highest BCUT2D eigenvalue weighted by Crippen LogP contribution is 2.31. The molecule has 0 spiro atoms. The fourth-order valence-electron chi connectivity index (χ4n) is 2.87. The van der Waals surface area contributed by atoms with E-state index >= 15 is 0 Å². The third-order valence-electron chi connectivity index (χ3n) is 3.96. The van der Waals surface area contributed by atoms with Crippen LogP contribution in [0.2, 0.25) is 5.02 Å². The van der Waals surface area contributed by atoms with Crippen LogP contribution in [0.3, 0.4) is 0 Å². The number of hydrogen-bond acceptors (Lipinski definition) is 4. The van der Waals surface area contributed by atoms with Crippen molar-refractivity contribution in [3.05, 3.63) is 17.2 Å². The van der Waals surface area contributed by atoms with E-state index in [1.807, 2.05) is 12.1 Å². The molecule has 0 amide bonds. The van der Waals surface area contributed by atoms with Gasteiger partial charge < -0.3 is 5.32 Å². The summed E-state index contributed by atoms with van der Waals surface area (Å²) in [7, 11) is 0. The number of nitrogens with zero attached hydrogens (tertiary/aromatic N) is 2. The molecule has 3 nitrogen and oxygen atoms in total. The second-order valence-corrected chi connectivity index (χ2v) is 6.21. The highest BCUT2D eigenvalue weighted by molar-refractivity contribution is 7.00. The first kappa shape index (κ1) is 13.1. The summed E-state index contributed by atoms with van der Waals surface area (Å²) < 4.78 is 8.58. The van der Waals surface area contributed by atoms with Crippen molar-refractivity contribution in [3.8, 4) is 0 Å². The number of fused-ring (bicyclic) bond motifs is 1. The predicted octanol–water partition coefficient (Wildman–Crippen LogP) is 4.73. The maximum atomic E-state index is 6.26. The first-order valence-corrected chi connectivity index (χ1v) is 8.10. The molecule has 1 aliphatic rings. The molecule has 2 aromatic rings. The molecule has 19 heavy (non-hydrogen) atoms. The average Bonchev–Trinajstić information content (AvgIpc) is 2.91. The van der Waals surface area contributed by atoms with E-state index in [2.05, 4.69) is 14.1 Å². The minimum Gasteiger partial charge on any atom is -0.382 e. The number of aromatic nitrogens is 2. The molecule has 0 bridgehead atoms. The van der Waals surface area contributed by atoms with E-state index in [9.17, 15) is 0 Å². The van der Waals surface area contributed by atoms with E-state index in [1.165, 1.54) is 50.3 Å². The SMILES string of the molecule is Clc1ccc2nsnc2c1NCCC1CCCCC1. The standard InChI is InChI=1S/C14H18ClN3S/c15-11-6-7-12-14(18-19-17-12)13(11)16-9-8-10-4-2-1-3-5-10/h6-7,10,16H,1-5,8-9H2. The van der Waals surface area contributed by atoms with E-state index in [0.717, 1.165) is 34.2 Å². The Morgan fingerprint density at radius 3 is 2.89 bits per heavy atom. The topological polar surface area (TPSA) is 37.8 Å². The lowest BCUT2D eigenvalue weighted by molar-refractivity contribution is 0.345. The van der Waals surface area contributed by atoms with Gasteiger partial charge in [0, 0.05) is 6.54 Å². The largest absolute Gasteiger partial charge is 0.382 e. The van der Waals surface area contributed by atoms with E-state index in [0.29, 0.717) is 0 Å². The molecule has 1 fully saturated rings. The van der Waals surface area contributed by atoms with Crippen LogP contribution >= 0.6 is 23.3 Å². The zero-order chi connectivity index (χ0) is 13.1. The summed E-state index contributed by atoms with van der Waals surface area (Å²) in [5.41, 5.74) is 2.78. The molecule has 0 radical (unpaired) electrons. The summed E-state index contributed by atoms with van der Waals surface area (Å²) >= 11 is 7.49. The van der Waals surface area contributed by atoms with Crippen LogP contribution in [-0.2, 0) is 0 Å². The summed E-state index contributed by atoms with van der Waals surface area (Å²) in [6.07, 6.45) is 8.22. The minimum absolute atomic E-state index is 0.740. The lowest BCUT2D eigenvalue weighted by Crippen LogP contribution is -2.12. The van der Waals surface area contributed by atoms with E-state index < -0.39 is 0 Å². The second kappa shape index (κ2) is 6.06. The van der Waals surface area contributed by atoms with Crippen LogP contribution in [0.15, 0.2) is 12.1 Å². The van der Waals surface area contributed by atoms with Crippen molar-refractivity contribution < 1.29 is 0 Å². The monoisotopic (exact) mass is 295 g/mol. The Labute approximate surface area is 122 Å². The molecule has 0 unspecified atom stereocenters. The summed E-state index contributed by atoms with van der Waals surface area (Å²) in [5, 5.41) is 4.20. The van der Waals surface area contributed by atoms with Gasteiger partial charge in [-0.15, -0.1) is 0 Å². The Bertz CT molecular complexity index is 549. The zero-order valence-corrected chi connectivity index (χ0v) is 12.4. The van der Waals surface area contributed by atoms with Gasteiger partial charge in [-0.2, -0.15) is 8.75 Å². The molecule has 1 N–H and O–H groups in total. The number of benzene rings is 1. The lowest BCUT2D eigenvalue weighted by Gasteiger charge is -2.21.